The first-order valence-corrected chi connectivity index (χ1v) is 15.1. The number of pyridine rings is 2. The summed E-state index contributed by atoms with van der Waals surface area (Å²) in [6, 6.07) is 13.8. The molecule has 1 aromatic carbocycles. The molecule has 218 valence electrons. The Morgan fingerprint density at radius 2 is 2.00 bits per heavy atom. The summed E-state index contributed by atoms with van der Waals surface area (Å²) >= 11 is 1.48. The smallest absolute Gasteiger partial charge is 0.319 e. The summed E-state index contributed by atoms with van der Waals surface area (Å²) < 4.78 is 26.9. The second-order valence-electron chi connectivity index (χ2n) is 10.6. The van der Waals surface area contributed by atoms with Crippen molar-refractivity contribution in [3.63, 3.8) is 0 Å². The average molecular weight is 590 g/mol. The van der Waals surface area contributed by atoms with E-state index >= 15 is 0 Å². The third kappa shape index (κ3) is 6.69. The highest BCUT2D eigenvalue weighted by molar-refractivity contribution is 7.22. The van der Waals surface area contributed by atoms with E-state index in [-0.39, 0.29) is 29.7 Å². The highest BCUT2D eigenvalue weighted by Crippen LogP contribution is 2.39. The molecule has 1 atom stereocenters. The highest BCUT2D eigenvalue weighted by atomic mass is 32.1. The van der Waals surface area contributed by atoms with Crippen molar-refractivity contribution >= 4 is 39.2 Å². The maximum atomic E-state index is 14.9. The van der Waals surface area contributed by atoms with Crippen molar-refractivity contribution in [1.29, 1.82) is 0 Å². The SMILES string of the molecule is CCOC(=O)C1CCCN(Cc2cccc(-c3cc4nccc(Oc5ccc(NC(=O)NC6CC6)cc5F)c4s3)n2)C1. The zero-order valence-electron chi connectivity index (χ0n) is 23.3. The fourth-order valence-corrected chi connectivity index (χ4v) is 6.10. The van der Waals surface area contributed by atoms with E-state index in [1.807, 2.05) is 31.2 Å². The molecule has 0 bridgehead atoms. The number of hydrogen-bond donors (Lipinski definition) is 2. The number of ether oxygens (including phenoxy) is 2. The fraction of sp³-hybridized carbons (Fsp3) is 0.355. The molecule has 0 radical (unpaired) electrons. The van der Waals surface area contributed by atoms with Crippen LogP contribution in [0.3, 0.4) is 0 Å². The first kappa shape index (κ1) is 28.0. The molecule has 2 N–H and O–H groups in total. The van der Waals surface area contributed by atoms with Crippen LogP contribution in [0.15, 0.2) is 54.7 Å². The molecule has 2 aliphatic rings. The predicted octanol–water partition coefficient (Wildman–Crippen LogP) is 6.35. The lowest BCUT2D eigenvalue weighted by Gasteiger charge is -2.31. The van der Waals surface area contributed by atoms with Crippen molar-refractivity contribution < 1.29 is 23.5 Å². The van der Waals surface area contributed by atoms with Gasteiger partial charge in [0.15, 0.2) is 11.6 Å². The highest BCUT2D eigenvalue weighted by Gasteiger charge is 2.27. The number of likely N-dealkylation sites (tertiary alicyclic amines) is 1. The molecule has 2 fully saturated rings. The number of carbonyl (C=O) groups excluding carboxylic acids is 2. The van der Waals surface area contributed by atoms with Gasteiger partial charge in [0.1, 0.15) is 5.75 Å². The topological polar surface area (TPSA) is 106 Å². The van der Waals surface area contributed by atoms with Gasteiger partial charge >= 0.3 is 12.0 Å². The molecule has 1 saturated heterocycles. The molecule has 0 spiro atoms. The van der Waals surface area contributed by atoms with Crippen molar-refractivity contribution in [2.45, 2.75) is 45.2 Å². The Morgan fingerprint density at radius 3 is 2.81 bits per heavy atom. The minimum absolute atomic E-state index is 0.0494. The number of rotatable bonds is 9. The van der Waals surface area contributed by atoms with Crippen LogP contribution < -0.4 is 15.4 Å². The zero-order valence-corrected chi connectivity index (χ0v) is 24.1. The Kier molecular flexibility index (Phi) is 8.29. The lowest BCUT2D eigenvalue weighted by molar-refractivity contribution is -0.150. The van der Waals surface area contributed by atoms with Gasteiger partial charge in [0.25, 0.3) is 0 Å². The number of thiophene rings is 1. The molecule has 2 amide bonds. The number of nitrogens with zero attached hydrogens (tertiary/aromatic N) is 3. The van der Waals surface area contributed by atoms with Crippen LogP contribution in [0.2, 0.25) is 0 Å². The molecule has 1 unspecified atom stereocenters. The summed E-state index contributed by atoms with van der Waals surface area (Å²) in [7, 11) is 0. The van der Waals surface area contributed by atoms with Gasteiger partial charge in [-0.2, -0.15) is 0 Å². The number of fused-ring (bicyclic) bond motifs is 1. The monoisotopic (exact) mass is 589 g/mol. The van der Waals surface area contributed by atoms with E-state index in [9.17, 15) is 14.0 Å². The number of halogens is 1. The van der Waals surface area contributed by atoms with Gasteiger partial charge in [0, 0.05) is 43.1 Å². The van der Waals surface area contributed by atoms with Crippen LogP contribution in [-0.4, -0.2) is 52.6 Å². The second-order valence-corrected chi connectivity index (χ2v) is 11.6. The van der Waals surface area contributed by atoms with Crippen LogP contribution in [0.5, 0.6) is 11.5 Å². The maximum absolute atomic E-state index is 14.9. The standard InChI is InChI=1S/C31H32FN5O4S/c1-2-40-30(38)19-5-4-14-37(17-19)18-22-6-3-7-24(34-22)28-16-25-29(42-28)27(12-13-33-25)41-26-11-10-21(15-23(26)32)36-31(39)35-20-8-9-20/h3,6-7,10-13,15-16,19-20H,2,4-5,8-9,14,17-18H2,1H3,(H2,35,36,39). The Morgan fingerprint density at radius 1 is 1.12 bits per heavy atom. The van der Waals surface area contributed by atoms with Crippen LogP contribution in [0.4, 0.5) is 14.9 Å². The number of amides is 2. The zero-order chi connectivity index (χ0) is 29.1. The van der Waals surface area contributed by atoms with Gasteiger partial charge in [-0.05, 0) is 69.5 Å². The molecule has 9 nitrogen and oxygen atoms in total. The molecule has 42 heavy (non-hydrogen) atoms. The summed E-state index contributed by atoms with van der Waals surface area (Å²) in [6.07, 6.45) is 5.37. The summed E-state index contributed by atoms with van der Waals surface area (Å²) in [5.41, 5.74) is 2.80. The third-order valence-corrected chi connectivity index (χ3v) is 8.43. The number of piperidine rings is 1. The fourth-order valence-electron chi connectivity index (χ4n) is 5.07. The van der Waals surface area contributed by atoms with E-state index < -0.39 is 5.82 Å². The lowest BCUT2D eigenvalue weighted by Crippen LogP contribution is -2.39. The molecule has 6 rings (SSSR count). The lowest BCUT2D eigenvalue weighted by atomic mass is 9.98. The van der Waals surface area contributed by atoms with Crippen LogP contribution in [-0.2, 0) is 16.1 Å². The predicted molar refractivity (Wildman–Crippen MR) is 159 cm³/mol. The van der Waals surface area contributed by atoms with Crippen molar-refractivity contribution in [2.24, 2.45) is 5.92 Å². The Labute approximate surface area is 247 Å². The number of nitrogens with one attached hydrogen (secondary N) is 2. The first-order chi connectivity index (χ1) is 20.4. The van der Waals surface area contributed by atoms with Gasteiger partial charge in [-0.3, -0.25) is 19.7 Å². The largest absolute Gasteiger partial charge is 0.466 e. The van der Waals surface area contributed by atoms with Gasteiger partial charge < -0.3 is 20.1 Å². The molecule has 1 saturated carbocycles. The van der Waals surface area contributed by atoms with Crippen molar-refractivity contribution in [3.05, 3.63) is 66.2 Å². The number of urea groups is 1. The van der Waals surface area contributed by atoms with E-state index in [1.165, 1.54) is 23.5 Å². The number of carbonyl (C=O) groups is 2. The summed E-state index contributed by atoms with van der Waals surface area (Å²) in [6.45, 7) is 4.46. The van der Waals surface area contributed by atoms with Gasteiger partial charge in [-0.15, -0.1) is 11.3 Å². The molecular formula is C31H32FN5O4S. The average Bonchev–Trinajstić information content (AvgIpc) is 3.68. The van der Waals surface area contributed by atoms with Crippen LogP contribution in [0.25, 0.3) is 20.8 Å². The maximum Gasteiger partial charge on any atom is 0.319 e. The van der Waals surface area contributed by atoms with E-state index in [0.717, 1.165) is 58.7 Å². The Balaban J connectivity index is 1.16. The number of benzene rings is 1. The van der Waals surface area contributed by atoms with Crippen molar-refractivity contribution in [1.82, 2.24) is 20.2 Å². The van der Waals surface area contributed by atoms with Crippen LogP contribution in [0, 0.1) is 11.7 Å². The first-order valence-electron chi connectivity index (χ1n) is 14.2. The summed E-state index contributed by atoms with van der Waals surface area (Å²) in [5, 5.41) is 5.47. The van der Waals surface area contributed by atoms with Crippen molar-refractivity contribution in [2.75, 3.05) is 25.0 Å². The van der Waals surface area contributed by atoms with Gasteiger partial charge in [0.05, 0.1) is 39.0 Å². The number of hydrogen-bond acceptors (Lipinski definition) is 8. The molecule has 4 aromatic rings. The third-order valence-electron chi connectivity index (χ3n) is 7.27. The van der Waals surface area contributed by atoms with Gasteiger partial charge in [0.2, 0.25) is 0 Å². The Bertz CT molecular complexity index is 1610. The number of aromatic nitrogens is 2. The van der Waals surface area contributed by atoms with Gasteiger partial charge in [-0.25, -0.2) is 9.18 Å². The van der Waals surface area contributed by atoms with E-state index in [1.54, 1.807) is 18.3 Å². The van der Waals surface area contributed by atoms with Crippen molar-refractivity contribution in [3.8, 4) is 22.1 Å². The second kappa shape index (κ2) is 12.4. The minimum Gasteiger partial charge on any atom is -0.466 e. The Hall–Kier alpha value is -4.09. The summed E-state index contributed by atoms with van der Waals surface area (Å²) in [4.78, 5) is 36.8. The minimum atomic E-state index is -0.585. The van der Waals surface area contributed by atoms with Crippen LogP contribution in [0.1, 0.15) is 38.3 Å². The van der Waals surface area contributed by atoms with Crippen LogP contribution >= 0.6 is 11.3 Å². The van der Waals surface area contributed by atoms with Gasteiger partial charge in [-0.1, -0.05) is 6.07 Å². The molecule has 4 heterocycles. The van der Waals surface area contributed by atoms with E-state index in [4.69, 9.17) is 14.5 Å². The molecular weight excluding hydrogens is 557 g/mol. The molecule has 1 aliphatic carbocycles. The molecule has 3 aromatic heterocycles. The van der Waals surface area contributed by atoms with E-state index in [0.29, 0.717) is 31.1 Å². The normalized spacial score (nSPS) is 17.1. The number of anilines is 1. The number of esters is 1. The molecule has 1 aliphatic heterocycles. The molecule has 11 heteroatoms. The summed E-state index contributed by atoms with van der Waals surface area (Å²) in [5.74, 6) is -0.273. The van der Waals surface area contributed by atoms with E-state index in [2.05, 4.69) is 20.5 Å². The quantitative estimate of drug-likeness (QED) is 0.219.